The Labute approximate surface area is 108 Å². The molecule has 3 rings (SSSR count). The molecule has 1 aliphatic heterocycles. The molecular formula is C13H13BrO3. The van der Waals surface area contributed by atoms with E-state index in [2.05, 4.69) is 15.9 Å². The molecule has 1 aromatic rings. The summed E-state index contributed by atoms with van der Waals surface area (Å²) in [6.07, 6.45) is 4.12. The van der Waals surface area contributed by atoms with Crippen LogP contribution < -0.4 is 9.47 Å². The second kappa shape index (κ2) is 3.73. The second-order valence-corrected chi connectivity index (χ2v) is 5.51. The molecule has 1 spiro atoms. The van der Waals surface area contributed by atoms with Gasteiger partial charge in [0.1, 0.15) is 0 Å². The van der Waals surface area contributed by atoms with Crippen LogP contribution in [0.3, 0.4) is 0 Å². The van der Waals surface area contributed by atoms with Gasteiger partial charge in [-0.05, 0) is 47.8 Å². The van der Waals surface area contributed by atoms with E-state index >= 15 is 0 Å². The number of Topliss-reactive ketones (excluding diaryl/α,β-unsaturated/α-hetero) is 1. The van der Waals surface area contributed by atoms with Crippen molar-refractivity contribution in [3.05, 3.63) is 22.2 Å². The van der Waals surface area contributed by atoms with Gasteiger partial charge in [-0.25, -0.2) is 0 Å². The van der Waals surface area contributed by atoms with Gasteiger partial charge in [0.15, 0.2) is 17.3 Å². The maximum Gasteiger partial charge on any atom is 0.251 e. The van der Waals surface area contributed by atoms with Gasteiger partial charge in [-0.15, -0.1) is 0 Å². The highest BCUT2D eigenvalue weighted by Crippen LogP contribution is 2.48. The van der Waals surface area contributed by atoms with Crippen LogP contribution in [0.15, 0.2) is 16.6 Å². The fourth-order valence-corrected chi connectivity index (χ4v) is 3.11. The van der Waals surface area contributed by atoms with E-state index in [0.29, 0.717) is 11.3 Å². The minimum atomic E-state index is -0.461. The molecule has 1 fully saturated rings. The minimum absolute atomic E-state index is 0.0237. The molecule has 0 radical (unpaired) electrons. The lowest BCUT2D eigenvalue weighted by molar-refractivity contribution is -0.0716. The summed E-state index contributed by atoms with van der Waals surface area (Å²) >= 11 is 3.39. The first kappa shape index (κ1) is 11.1. The number of carbonyl (C=O) groups is 1. The lowest BCUT2D eigenvalue weighted by Crippen LogP contribution is -2.34. The first-order valence-corrected chi connectivity index (χ1v) is 6.61. The molecule has 90 valence electrons. The van der Waals surface area contributed by atoms with E-state index in [1.807, 2.05) is 6.07 Å². The molecule has 0 unspecified atom stereocenters. The largest absolute Gasteiger partial charge is 0.448 e. The number of hydrogen-bond donors (Lipinski definition) is 0. The van der Waals surface area contributed by atoms with E-state index in [4.69, 9.17) is 9.47 Å². The van der Waals surface area contributed by atoms with Crippen molar-refractivity contribution in [1.29, 1.82) is 0 Å². The van der Waals surface area contributed by atoms with Crippen molar-refractivity contribution >= 4 is 21.7 Å². The summed E-state index contributed by atoms with van der Waals surface area (Å²) in [4.78, 5) is 11.5. The monoisotopic (exact) mass is 296 g/mol. The van der Waals surface area contributed by atoms with Crippen molar-refractivity contribution in [2.24, 2.45) is 0 Å². The number of ketones is 1. The molecule has 4 heteroatoms. The van der Waals surface area contributed by atoms with E-state index in [9.17, 15) is 4.79 Å². The summed E-state index contributed by atoms with van der Waals surface area (Å²) < 4.78 is 12.6. The van der Waals surface area contributed by atoms with Gasteiger partial charge < -0.3 is 9.47 Å². The Hall–Kier alpha value is -1.03. The summed E-state index contributed by atoms with van der Waals surface area (Å²) in [5.41, 5.74) is 0.641. The Kier molecular flexibility index (Phi) is 2.43. The van der Waals surface area contributed by atoms with Crippen LogP contribution >= 0.6 is 15.9 Å². The molecule has 0 saturated heterocycles. The zero-order chi connectivity index (χ0) is 12.0. The maximum atomic E-state index is 11.5. The average molecular weight is 297 g/mol. The SMILES string of the molecule is CC(=O)c1cc2c(cc1Br)OC1(CCCC1)O2. The van der Waals surface area contributed by atoms with Crippen LogP contribution in [0, 0.1) is 0 Å². The van der Waals surface area contributed by atoms with Crippen LogP contribution in [0.4, 0.5) is 0 Å². The van der Waals surface area contributed by atoms with E-state index in [1.54, 1.807) is 13.0 Å². The molecule has 2 aliphatic rings. The fourth-order valence-electron chi connectivity index (χ4n) is 2.50. The van der Waals surface area contributed by atoms with Crippen molar-refractivity contribution < 1.29 is 14.3 Å². The number of carbonyl (C=O) groups excluding carboxylic acids is 1. The number of fused-ring (bicyclic) bond motifs is 1. The molecule has 0 N–H and O–H groups in total. The van der Waals surface area contributed by atoms with Crippen LogP contribution in [-0.2, 0) is 0 Å². The normalized spacial score (nSPS) is 19.9. The molecular weight excluding hydrogens is 284 g/mol. The third-order valence-electron chi connectivity index (χ3n) is 3.37. The van der Waals surface area contributed by atoms with Crippen LogP contribution in [0.25, 0.3) is 0 Å². The van der Waals surface area contributed by atoms with E-state index in [-0.39, 0.29) is 5.78 Å². The van der Waals surface area contributed by atoms with Crippen molar-refractivity contribution in [2.75, 3.05) is 0 Å². The van der Waals surface area contributed by atoms with E-state index < -0.39 is 5.79 Å². The van der Waals surface area contributed by atoms with Gasteiger partial charge in [0, 0.05) is 22.9 Å². The Balaban J connectivity index is 2.00. The standard InChI is InChI=1S/C13H13BrO3/c1-8(15)9-6-11-12(7-10(9)14)17-13(16-11)4-2-3-5-13/h6-7H,2-5H2,1H3. The van der Waals surface area contributed by atoms with Gasteiger partial charge in [-0.3, -0.25) is 4.79 Å². The third kappa shape index (κ3) is 1.75. The number of ether oxygens (including phenoxy) is 2. The number of halogens is 1. The number of rotatable bonds is 1. The number of hydrogen-bond acceptors (Lipinski definition) is 3. The molecule has 3 nitrogen and oxygen atoms in total. The molecule has 1 saturated carbocycles. The van der Waals surface area contributed by atoms with Gasteiger partial charge in [-0.1, -0.05) is 0 Å². The lowest BCUT2D eigenvalue weighted by Gasteiger charge is -2.21. The summed E-state index contributed by atoms with van der Waals surface area (Å²) in [7, 11) is 0. The van der Waals surface area contributed by atoms with Gasteiger partial charge in [0.2, 0.25) is 0 Å². The summed E-state index contributed by atoms with van der Waals surface area (Å²) in [5.74, 6) is 0.997. The van der Waals surface area contributed by atoms with E-state index in [0.717, 1.165) is 35.9 Å². The topological polar surface area (TPSA) is 35.5 Å². The van der Waals surface area contributed by atoms with Gasteiger partial charge >= 0.3 is 0 Å². The molecule has 0 aromatic heterocycles. The molecule has 1 heterocycles. The Morgan fingerprint density at radius 2 is 1.82 bits per heavy atom. The average Bonchev–Trinajstić information content (AvgIpc) is 2.84. The van der Waals surface area contributed by atoms with Crippen molar-refractivity contribution in [3.8, 4) is 11.5 Å². The van der Waals surface area contributed by atoms with E-state index in [1.165, 1.54) is 0 Å². The summed E-state index contributed by atoms with van der Waals surface area (Å²) in [6.45, 7) is 1.55. The Morgan fingerprint density at radius 1 is 1.24 bits per heavy atom. The smallest absolute Gasteiger partial charge is 0.251 e. The van der Waals surface area contributed by atoms with Crippen LogP contribution in [0.2, 0.25) is 0 Å². The Bertz CT molecular complexity index is 490. The first-order valence-electron chi connectivity index (χ1n) is 5.82. The van der Waals surface area contributed by atoms with Gasteiger partial charge in [0.25, 0.3) is 5.79 Å². The van der Waals surface area contributed by atoms with Crippen molar-refractivity contribution in [1.82, 2.24) is 0 Å². The molecule has 0 bridgehead atoms. The van der Waals surface area contributed by atoms with Gasteiger partial charge in [-0.2, -0.15) is 0 Å². The van der Waals surface area contributed by atoms with Crippen LogP contribution in [0.5, 0.6) is 11.5 Å². The second-order valence-electron chi connectivity index (χ2n) is 4.66. The molecule has 1 aromatic carbocycles. The lowest BCUT2D eigenvalue weighted by atomic mass is 10.1. The highest BCUT2D eigenvalue weighted by Gasteiger charge is 2.44. The number of benzene rings is 1. The maximum absolute atomic E-state index is 11.5. The highest BCUT2D eigenvalue weighted by molar-refractivity contribution is 9.10. The highest BCUT2D eigenvalue weighted by atomic mass is 79.9. The summed E-state index contributed by atoms with van der Waals surface area (Å²) in [5, 5.41) is 0. The van der Waals surface area contributed by atoms with Crippen molar-refractivity contribution in [3.63, 3.8) is 0 Å². The van der Waals surface area contributed by atoms with Gasteiger partial charge in [0.05, 0.1) is 0 Å². The fraction of sp³-hybridized carbons (Fsp3) is 0.462. The van der Waals surface area contributed by atoms with Crippen LogP contribution in [-0.4, -0.2) is 11.6 Å². The summed E-state index contributed by atoms with van der Waals surface area (Å²) in [6, 6.07) is 3.61. The third-order valence-corrected chi connectivity index (χ3v) is 4.03. The molecule has 17 heavy (non-hydrogen) atoms. The predicted octanol–water partition coefficient (Wildman–Crippen LogP) is 3.69. The quantitative estimate of drug-likeness (QED) is 0.742. The van der Waals surface area contributed by atoms with Crippen LogP contribution in [0.1, 0.15) is 43.0 Å². The zero-order valence-corrected chi connectivity index (χ0v) is 11.2. The molecule has 1 aliphatic carbocycles. The zero-order valence-electron chi connectivity index (χ0n) is 9.59. The molecule has 0 amide bonds. The Morgan fingerprint density at radius 3 is 2.41 bits per heavy atom. The molecule has 0 atom stereocenters. The van der Waals surface area contributed by atoms with Crippen molar-refractivity contribution in [2.45, 2.75) is 38.4 Å². The predicted molar refractivity (Wildman–Crippen MR) is 66.6 cm³/mol. The minimum Gasteiger partial charge on any atom is -0.448 e. The first-order chi connectivity index (χ1) is 8.10.